The fraction of sp³-hybridized carbons (Fsp3) is 0.562. The van der Waals surface area contributed by atoms with E-state index in [0.29, 0.717) is 21.7 Å². The minimum Gasteiger partial charge on any atom is -0.298 e. The summed E-state index contributed by atoms with van der Waals surface area (Å²) in [5, 5.41) is 1.00. The standard InChI is InChI=1S/C16H20Cl2N2O/c1-11(16(21)14-5-4-12(17)9-15(14)18)20-8-7-19-6-2-3-13(19)10-20/h4-5,9,11,13H,2-3,6-8,10H2,1H3. The first-order chi connectivity index (χ1) is 10.1. The third-order valence-electron chi connectivity index (χ3n) is 4.74. The van der Waals surface area contributed by atoms with Gasteiger partial charge in [-0.2, -0.15) is 0 Å². The molecule has 0 amide bonds. The van der Waals surface area contributed by atoms with Gasteiger partial charge in [-0.1, -0.05) is 23.2 Å². The van der Waals surface area contributed by atoms with Crippen molar-refractivity contribution < 1.29 is 4.79 Å². The third kappa shape index (κ3) is 3.11. The summed E-state index contributed by atoms with van der Waals surface area (Å²) in [4.78, 5) is 17.5. The Morgan fingerprint density at radius 3 is 2.86 bits per heavy atom. The fourth-order valence-corrected chi connectivity index (χ4v) is 3.95. The van der Waals surface area contributed by atoms with Gasteiger partial charge in [-0.3, -0.25) is 14.6 Å². The first-order valence-corrected chi connectivity index (χ1v) is 8.29. The number of Topliss-reactive ketones (excluding diaryl/α,β-unsaturated/α-hetero) is 1. The zero-order valence-electron chi connectivity index (χ0n) is 12.2. The summed E-state index contributed by atoms with van der Waals surface area (Å²) < 4.78 is 0. The molecular formula is C16H20Cl2N2O. The highest BCUT2D eigenvalue weighted by atomic mass is 35.5. The Balaban J connectivity index is 1.72. The monoisotopic (exact) mass is 326 g/mol. The van der Waals surface area contributed by atoms with E-state index in [-0.39, 0.29) is 11.8 Å². The van der Waals surface area contributed by atoms with Crippen LogP contribution in [0.15, 0.2) is 18.2 Å². The van der Waals surface area contributed by atoms with E-state index in [2.05, 4.69) is 9.80 Å². The Morgan fingerprint density at radius 2 is 2.10 bits per heavy atom. The second-order valence-electron chi connectivity index (χ2n) is 5.99. The summed E-state index contributed by atoms with van der Waals surface area (Å²) in [7, 11) is 0. The van der Waals surface area contributed by atoms with Crippen molar-refractivity contribution in [1.82, 2.24) is 9.80 Å². The Labute approximate surface area is 135 Å². The van der Waals surface area contributed by atoms with Gasteiger partial charge in [0.15, 0.2) is 5.78 Å². The zero-order valence-corrected chi connectivity index (χ0v) is 13.7. The predicted octanol–water partition coefficient (Wildman–Crippen LogP) is 3.34. The SMILES string of the molecule is CC(C(=O)c1ccc(Cl)cc1Cl)N1CCN2CCCC2C1. The van der Waals surface area contributed by atoms with Gasteiger partial charge in [0.05, 0.1) is 11.1 Å². The molecule has 2 unspecified atom stereocenters. The quantitative estimate of drug-likeness (QED) is 0.796. The van der Waals surface area contributed by atoms with E-state index in [4.69, 9.17) is 23.2 Å². The van der Waals surface area contributed by atoms with Crippen LogP contribution in [-0.2, 0) is 0 Å². The van der Waals surface area contributed by atoms with Crippen molar-refractivity contribution in [1.29, 1.82) is 0 Å². The number of halogens is 2. The van der Waals surface area contributed by atoms with Crippen molar-refractivity contribution in [2.45, 2.75) is 31.8 Å². The molecule has 2 atom stereocenters. The number of rotatable bonds is 3. The van der Waals surface area contributed by atoms with Gasteiger partial charge in [-0.05, 0) is 44.5 Å². The number of piperazine rings is 1. The maximum atomic E-state index is 12.7. The van der Waals surface area contributed by atoms with Crippen LogP contribution >= 0.6 is 23.2 Å². The Bertz CT molecular complexity index is 549. The molecule has 3 nitrogen and oxygen atoms in total. The van der Waals surface area contributed by atoms with E-state index < -0.39 is 0 Å². The van der Waals surface area contributed by atoms with Crippen molar-refractivity contribution in [2.75, 3.05) is 26.2 Å². The molecule has 1 aromatic carbocycles. The van der Waals surface area contributed by atoms with Gasteiger partial charge in [0.1, 0.15) is 0 Å². The van der Waals surface area contributed by atoms with Gasteiger partial charge < -0.3 is 0 Å². The molecular weight excluding hydrogens is 307 g/mol. The maximum absolute atomic E-state index is 12.7. The summed E-state index contributed by atoms with van der Waals surface area (Å²) in [5.41, 5.74) is 0.572. The zero-order chi connectivity index (χ0) is 15.0. The highest BCUT2D eigenvalue weighted by Gasteiger charge is 2.34. The topological polar surface area (TPSA) is 23.6 Å². The molecule has 0 radical (unpaired) electrons. The highest BCUT2D eigenvalue weighted by molar-refractivity contribution is 6.37. The summed E-state index contributed by atoms with van der Waals surface area (Å²) >= 11 is 12.1. The molecule has 5 heteroatoms. The lowest BCUT2D eigenvalue weighted by Gasteiger charge is -2.40. The lowest BCUT2D eigenvalue weighted by Crippen LogP contribution is -2.54. The maximum Gasteiger partial charge on any atom is 0.181 e. The van der Waals surface area contributed by atoms with Crippen molar-refractivity contribution in [2.24, 2.45) is 0 Å². The van der Waals surface area contributed by atoms with Crippen LogP contribution in [0, 0.1) is 0 Å². The lowest BCUT2D eigenvalue weighted by atomic mass is 10.0. The van der Waals surface area contributed by atoms with Crippen molar-refractivity contribution >= 4 is 29.0 Å². The Kier molecular flexibility index (Phi) is 4.55. The van der Waals surface area contributed by atoms with E-state index >= 15 is 0 Å². The van der Waals surface area contributed by atoms with Crippen LogP contribution in [0.1, 0.15) is 30.1 Å². The smallest absolute Gasteiger partial charge is 0.181 e. The van der Waals surface area contributed by atoms with Crippen LogP contribution in [0.3, 0.4) is 0 Å². The van der Waals surface area contributed by atoms with E-state index in [1.165, 1.54) is 19.4 Å². The summed E-state index contributed by atoms with van der Waals surface area (Å²) in [5.74, 6) is 0.0862. The van der Waals surface area contributed by atoms with Crippen LogP contribution in [-0.4, -0.2) is 53.8 Å². The van der Waals surface area contributed by atoms with Crippen molar-refractivity contribution in [3.63, 3.8) is 0 Å². The second kappa shape index (κ2) is 6.25. The molecule has 2 aliphatic rings. The minimum atomic E-state index is -0.133. The molecule has 2 saturated heterocycles. The summed E-state index contributed by atoms with van der Waals surface area (Å²) in [6.07, 6.45) is 2.53. The number of benzene rings is 1. The van der Waals surface area contributed by atoms with E-state index in [1.807, 2.05) is 6.92 Å². The van der Waals surface area contributed by atoms with Crippen molar-refractivity contribution in [3.8, 4) is 0 Å². The Hall–Kier alpha value is -0.610. The van der Waals surface area contributed by atoms with Gasteiger partial charge in [0.25, 0.3) is 0 Å². The van der Waals surface area contributed by atoms with E-state index in [0.717, 1.165) is 19.6 Å². The van der Waals surface area contributed by atoms with E-state index in [1.54, 1.807) is 18.2 Å². The van der Waals surface area contributed by atoms with Crippen LogP contribution in [0.2, 0.25) is 10.0 Å². The number of carbonyl (C=O) groups is 1. The van der Waals surface area contributed by atoms with Gasteiger partial charge in [-0.25, -0.2) is 0 Å². The molecule has 0 aliphatic carbocycles. The fourth-order valence-electron chi connectivity index (χ4n) is 3.45. The molecule has 2 fully saturated rings. The number of hydrogen-bond acceptors (Lipinski definition) is 3. The van der Waals surface area contributed by atoms with Crippen LogP contribution in [0.25, 0.3) is 0 Å². The third-order valence-corrected chi connectivity index (χ3v) is 5.29. The number of carbonyl (C=O) groups excluding carboxylic acids is 1. The Morgan fingerprint density at radius 1 is 1.29 bits per heavy atom. The van der Waals surface area contributed by atoms with Gasteiger partial charge in [-0.15, -0.1) is 0 Å². The van der Waals surface area contributed by atoms with Gasteiger partial charge >= 0.3 is 0 Å². The summed E-state index contributed by atoms with van der Waals surface area (Å²) in [6.45, 7) is 6.20. The molecule has 21 heavy (non-hydrogen) atoms. The number of ketones is 1. The first kappa shape index (κ1) is 15.3. The van der Waals surface area contributed by atoms with Gasteiger partial charge in [0.2, 0.25) is 0 Å². The molecule has 1 aromatic rings. The second-order valence-corrected chi connectivity index (χ2v) is 6.83. The highest BCUT2D eigenvalue weighted by Crippen LogP contribution is 2.26. The molecule has 0 saturated carbocycles. The molecule has 114 valence electrons. The van der Waals surface area contributed by atoms with E-state index in [9.17, 15) is 4.79 Å². The summed E-state index contributed by atoms with van der Waals surface area (Å²) in [6, 6.07) is 5.58. The average Bonchev–Trinajstić information content (AvgIpc) is 2.93. The molecule has 3 rings (SSSR count). The molecule has 2 heterocycles. The number of fused-ring (bicyclic) bond motifs is 1. The molecule has 0 N–H and O–H groups in total. The molecule has 0 bridgehead atoms. The normalized spacial score (nSPS) is 24.8. The number of nitrogens with zero attached hydrogens (tertiary/aromatic N) is 2. The van der Waals surface area contributed by atoms with Gasteiger partial charge in [0, 0.05) is 36.3 Å². The van der Waals surface area contributed by atoms with Crippen LogP contribution < -0.4 is 0 Å². The lowest BCUT2D eigenvalue weighted by molar-refractivity contribution is 0.0602. The molecule has 0 aromatic heterocycles. The van der Waals surface area contributed by atoms with Crippen molar-refractivity contribution in [3.05, 3.63) is 33.8 Å². The first-order valence-electron chi connectivity index (χ1n) is 7.53. The molecule has 0 spiro atoms. The van der Waals surface area contributed by atoms with Crippen LogP contribution in [0.5, 0.6) is 0 Å². The largest absolute Gasteiger partial charge is 0.298 e. The minimum absolute atomic E-state index is 0.0862. The van der Waals surface area contributed by atoms with Crippen LogP contribution in [0.4, 0.5) is 0 Å². The average molecular weight is 327 g/mol. The molecule has 2 aliphatic heterocycles. The number of hydrogen-bond donors (Lipinski definition) is 0. The predicted molar refractivity (Wildman–Crippen MR) is 86.4 cm³/mol.